The molecule has 10 aromatic carbocycles. The van der Waals surface area contributed by atoms with Crippen LogP contribution < -0.4 is 26.3 Å². The Kier molecular flexibility index (Phi) is 9.57. The molecule has 0 fully saturated rings. The number of pyridine rings is 1. The van der Waals surface area contributed by atoms with Gasteiger partial charge in [-0.1, -0.05) is 187 Å². The van der Waals surface area contributed by atoms with Crippen molar-refractivity contribution in [2.75, 3.05) is 9.80 Å². The van der Waals surface area contributed by atoms with Crippen molar-refractivity contribution in [3.63, 3.8) is 0 Å². The SMILES string of the molecule is c1ccc(-c2cc3c4c(c(-c5ccccc5)cnc4c2)-c2ccc(-c4ccc(N5c6ccccc6N(c6ccccc6)c6ccccc65)cc4)cc2B3c2cnc(-n3c4ccccc4c4ccccc43)cn2)cc1. The van der Waals surface area contributed by atoms with Crippen LogP contribution >= 0.6 is 0 Å². The number of aromatic nitrogens is 4. The minimum absolute atomic E-state index is 0.260. The molecular formula is C67H43BN6. The lowest BCUT2D eigenvalue weighted by molar-refractivity contribution is 1.05. The van der Waals surface area contributed by atoms with E-state index in [2.05, 4.69) is 263 Å². The third-order valence-corrected chi connectivity index (χ3v) is 15.1. The van der Waals surface area contributed by atoms with Crippen LogP contribution in [0.2, 0.25) is 0 Å². The van der Waals surface area contributed by atoms with Crippen LogP contribution in [-0.4, -0.2) is 26.2 Å². The molecular weight excluding hydrogens is 900 g/mol. The van der Waals surface area contributed by atoms with E-state index in [1.807, 2.05) is 12.4 Å². The molecule has 0 radical (unpaired) electrons. The van der Waals surface area contributed by atoms with Gasteiger partial charge in [0.1, 0.15) is 0 Å². The van der Waals surface area contributed by atoms with Gasteiger partial charge in [0.15, 0.2) is 5.82 Å². The van der Waals surface area contributed by atoms with E-state index in [0.717, 1.165) is 106 Å². The lowest BCUT2D eigenvalue weighted by Crippen LogP contribution is -2.56. The van der Waals surface area contributed by atoms with Crippen LogP contribution in [0.25, 0.3) is 83.0 Å². The van der Waals surface area contributed by atoms with Gasteiger partial charge < -0.3 is 9.80 Å². The molecule has 7 heteroatoms. The van der Waals surface area contributed by atoms with Crippen molar-refractivity contribution in [1.29, 1.82) is 0 Å². The van der Waals surface area contributed by atoms with Gasteiger partial charge >= 0.3 is 0 Å². The van der Waals surface area contributed by atoms with Crippen LogP contribution in [0.4, 0.5) is 34.1 Å². The Morgan fingerprint density at radius 1 is 0.338 bits per heavy atom. The summed E-state index contributed by atoms with van der Waals surface area (Å²) in [5.41, 5.74) is 22.2. The standard InChI is InChI=1S/C67H43BN6/c1-4-18-44(19-5-1)48-39-56-67-57(40-48)69-41-54(46-20-6-2-7-21-46)66(67)53-37-34-47(38-55(53)68(56)64-42-71-65(43-70-64)74-58-26-12-10-24-51(58)52-25-11-13-27-59(52)74)45-32-35-50(36-33-45)73-62-30-16-14-28-60(62)72(49-22-8-3-9-23-49)61-29-15-17-31-63(61)73/h1-43H. The average Bonchev–Trinajstić information content (AvgIpc) is 3.83. The van der Waals surface area contributed by atoms with Gasteiger partial charge in [-0.15, -0.1) is 0 Å². The fraction of sp³-hybridized carbons (Fsp3) is 0. The summed E-state index contributed by atoms with van der Waals surface area (Å²) in [6, 6.07) is 87.1. The summed E-state index contributed by atoms with van der Waals surface area (Å²) >= 11 is 0. The van der Waals surface area contributed by atoms with Gasteiger partial charge in [0.25, 0.3) is 6.71 Å². The van der Waals surface area contributed by atoms with E-state index < -0.39 is 0 Å². The van der Waals surface area contributed by atoms with Crippen LogP contribution in [0.3, 0.4) is 0 Å². The van der Waals surface area contributed by atoms with Crippen LogP contribution in [0.1, 0.15) is 0 Å². The fourth-order valence-corrected chi connectivity index (χ4v) is 11.8. The van der Waals surface area contributed by atoms with E-state index in [-0.39, 0.29) is 6.71 Å². The molecule has 344 valence electrons. The van der Waals surface area contributed by atoms with Crippen molar-refractivity contribution in [3.05, 3.63) is 261 Å². The smallest absolute Gasteiger partial charge is 0.268 e. The molecule has 0 bridgehead atoms. The Morgan fingerprint density at radius 2 is 0.851 bits per heavy atom. The highest BCUT2D eigenvalue weighted by molar-refractivity contribution is 6.98. The van der Waals surface area contributed by atoms with Gasteiger partial charge in [-0.3, -0.25) is 14.5 Å². The zero-order valence-corrected chi connectivity index (χ0v) is 40.1. The summed E-state index contributed by atoms with van der Waals surface area (Å²) in [4.78, 5) is 20.7. The molecule has 74 heavy (non-hydrogen) atoms. The quantitative estimate of drug-likeness (QED) is 0.149. The summed E-state index contributed by atoms with van der Waals surface area (Å²) in [5.74, 6) is 0.777. The number of rotatable bonds is 7. The maximum absolute atomic E-state index is 5.43. The molecule has 13 aromatic rings. The van der Waals surface area contributed by atoms with Crippen molar-refractivity contribution < 1.29 is 0 Å². The van der Waals surface area contributed by atoms with Crippen LogP contribution in [0, 0.1) is 0 Å². The maximum atomic E-state index is 5.43. The molecule has 15 rings (SSSR count). The number of para-hydroxylation sites is 7. The molecule has 5 heterocycles. The van der Waals surface area contributed by atoms with Gasteiger partial charge in [0.05, 0.1) is 45.5 Å². The number of fused-ring (bicyclic) bond motifs is 7. The third kappa shape index (κ3) is 6.57. The largest absolute Gasteiger partial charge is 0.306 e. The molecule has 0 saturated carbocycles. The predicted octanol–water partition coefficient (Wildman–Crippen LogP) is 14.9. The first-order valence-electron chi connectivity index (χ1n) is 25.2. The number of hydrogen-bond acceptors (Lipinski definition) is 5. The van der Waals surface area contributed by atoms with E-state index in [1.54, 1.807) is 0 Å². The normalized spacial score (nSPS) is 12.5. The zero-order valence-electron chi connectivity index (χ0n) is 40.1. The van der Waals surface area contributed by atoms with Crippen molar-refractivity contribution in [3.8, 4) is 50.3 Å². The van der Waals surface area contributed by atoms with E-state index in [9.17, 15) is 0 Å². The number of benzene rings is 10. The molecule has 0 aliphatic carbocycles. The van der Waals surface area contributed by atoms with Crippen LogP contribution in [0.5, 0.6) is 0 Å². The van der Waals surface area contributed by atoms with Gasteiger partial charge in [-0.2, -0.15) is 0 Å². The molecule has 0 N–H and O–H groups in total. The number of hydrogen-bond donors (Lipinski definition) is 0. The second-order valence-corrected chi connectivity index (χ2v) is 19.2. The Balaban J connectivity index is 0.907. The van der Waals surface area contributed by atoms with Crippen molar-refractivity contribution >= 4 is 90.1 Å². The van der Waals surface area contributed by atoms with Crippen molar-refractivity contribution in [1.82, 2.24) is 19.5 Å². The lowest BCUT2D eigenvalue weighted by Gasteiger charge is -2.40. The Hall–Kier alpha value is -9.85. The molecule has 0 spiro atoms. The maximum Gasteiger partial charge on any atom is 0.268 e. The van der Waals surface area contributed by atoms with E-state index >= 15 is 0 Å². The van der Waals surface area contributed by atoms with Crippen molar-refractivity contribution in [2.45, 2.75) is 0 Å². The summed E-state index contributed by atoms with van der Waals surface area (Å²) in [7, 11) is 0. The highest BCUT2D eigenvalue weighted by Crippen LogP contribution is 2.54. The van der Waals surface area contributed by atoms with E-state index in [0.29, 0.717) is 0 Å². The summed E-state index contributed by atoms with van der Waals surface area (Å²) in [6.45, 7) is -0.260. The molecule has 0 saturated heterocycles. The Labute approximate surface area is 428 Å². The molecule has 0 unspecified atom stereocenters. The molecule has 2 aliphatic heterocycles. The van der Waals surface area contributed by atoms with Crippen LogP contribution in [0.15, 0.2) is 261 Å². The van der Waals surface area contributed by atoms with Gasteiger partial charge in [0, 0.05) is 51.1 Å². The minimum atomic E-state index is -0.260. The fourth-order valence-electron chi connectivity index (χ4n) is 11.8. The van der Waals surface area contributed by atoms with E-state index in [1.165, 1.54) is 27.4 Å². The third-order valence-electron chi connectivity index (χ3n) is 15.1. The lowest BCUT2D eigenvalue weighted by atomic mass is 9.35. The second-order valence-electron chi connectivity index (χ2n) is 19.2. The molecule has 0 atom stereocenters. The summed E-state index contributed by atoms with van der Waals surface area (Å²) in [5, 5.41) is 3.52. The first-order chi connectivity index (χ1) is 36.7. The molecule has 0 amide bonds. The first-order valence-corrected chi connectivity index (χ1v) is 25.2. The molecule has 2 aliphatic rings. The minimum Gasteiger partial charge on any atom is -0.306 e. The Bertz CT molecular complexity index is 4210. The molecule has 6 nitrogen and oxygen atoms in total. The van der Waals surface area contributed by atoms with Gasteiger partial charge in [-0.05, 0) is 106 Å². The highest BCUT2D eigenvalue weighted by atomic mass is 15.3. The van der Waals surface area contributed by atoms with Gasteiger partial charge in [0.2, 0.25) is 0 Å². The number of anilines is 6. The van der Waals surface area contributed by atoms with Crippen molar-refractivity contribution in [2.24, 2.45) is 0 Å². The van der Waals surface area contributed by atoms with E-state index in [4.69, 9.17) is 15.0 Å². The zero-order chi connectivity index (χ0) is 48.7. The number of nitrogens with zero attached hydrogens (tertiary/aromatic N) is 6. The highest BCUT2D eigenvalue weighted by Gasteiger charge is 2.36. The molecule has 3 aromatic heterocycles. The summed E-state index contributed by atoms with van der Waals surface area (Å²) in [6.07, 6.45) is 6.03. The second kappa shape index (κ2) is 16.9. The predicted molar refractivity (Wildman–Crippen MR) is 307 cm³/mol. The van der Waals surface area contributed by atoms with Crippen LogP contribution in [-0.2, 0) is 0 Å². The van der Waals surface area contributed by atoms with Gasteiger partial charge in [-0.25, -0.2) is 4.98 Å². The monoisotopic (exact) mass is 942 g/mol. The summed E-state index contributed by atoms with van der Waals surface area (Å²) < 4.78 is 2.23. The average molecular weight is 943 g/mol. The topological polar surface area (TPSA) is 50.1 Å². The Morgan fingerprint density at radius 3 is 1.46 bits per heavy atom. The first kappa shape index (κ1) is 41.9.